The number of hydrogen-bond acceptors (Lipinski definition) is 15. The zero-order valence-corrected chi connectivity index (χ0v) is 72.7. The molecule has 0 N–H and O–H groups in total. The van der Waals surface area contributed by atoms with Crippen molar-refractivity contribution in [2.24, 2.45) is 25.8 Å². The number of nitrogens with zero attached hydrogens (tertiary/aromatic N) is 8. The van der Waals surface area contributed by atoms with E-state index in [9.17, 15) is 19.2 Å². The van der Waals surface area contributed by atoms with Crippen molar-refractivity contribution in [3.8, 4) is 33.4 Å². The maximum absolute atomic E-state index is 11.4. The summed E-state index contributed by atoms with van der Waals surface area (Å²) in [7, 11) is 0. The lowest BCUT2D eigenvalue weighted by molar-refractivity contribution is -0.141. The summed E-state index contributed by atoms with van der Waals surface area (Å²) < 4.78 is 9.83. The molecule has 0 saturated carbocycles. The fourth-order valence-electron chi connectivity index (χ4n) is 17.8. The Hall–Kier alpha value is -12.4. The molecule has 0 radical (unpaired) electrons. The summed E-state index contributed by atoms with van der Waals surface area (Å²) in [5.41, 5.74) is 29.0. The molecule has 18 heteroatoms. The molecule has 4 heterocycles. The molecular weight excluding hydrogens is 1510 g/mol. The van der Waals surface area contributed by atoms with Gasteiger partial charge in [0.1, 0.15) is 11.5 Å². The Morgan fingerprint density at radius 1 is 0.367 bits per heavy atom. The minimum Gasteiger partial charge on any atom is -0.362 e. The number of thiophene rings is 1. The Balaban J connectivity index is 0.000000144. The van der Waals surface area contributed by atoms with E-state index in [-0.39, 0.29) is 10.8 Å². The van der Waals surface area contributed by atoms with E-state index in [0.29, 0.717) is 28.9 Å². The number of benzene rings is 10. The molecule has 0 aliphatic heterocycles. The third-order valence-electron chi connectivity index (χ3n) is 24.2. The molecule has 17 rings (SSSR count). The van der Waals surface area contributed by atoms with E-state index in [0.717, 1.165) is 99.1 Å². The fraction of sp³-hybridized carbons (Fsp3) is 0.304. The van der Waals surface area contributed by atoms with Crippen molar-refractivity contribution in [1.82, 2.24) is 13.7 Å². The van der Waals surface area contributed by atoms with Gasteiger partial charge >= 0.3 is 23.9 Å². The molecule has 0 amide bonds. The Kier molecular flexibility index (Phi) is 23.3. The SMILES string of the molecule is C=C(C)O/N=C(\C)c1ccc2c(c1)C(C)(C)c1cc3c4cc5c(cc4n(C(C)CC)c3cc1-2)-c1ccc(/C(C)=N/OC(C)=O)cc1C5(C)C.CCCCCCn1c2ccc(/C(C)=N/OC(C)=O)cc2c2cc3sc4ccc(/C(C)=N/OC(C)=O)cc4c3cc21.CCCCCCn1c2ccccc2c2cc3c(cc21)/C(=N/OC(C)=O)c1ccccc1-3. The largest absolute Gasteiger partial charge is 0.362 e. The Bertz CT molecular complexity index is 6570. The molecule has 3 aliphatic rings. The summed E-state index contributed by atoms with van der Waals surface area (Å²) in [6.07, 6.45) is 10.6. The predicted molar refractivity (Wildman–Crippen MR) is 493 cm³/mol. The lowest BCUT2D eigenvalue weighted by atomic mass is 9.80. The minimum absolute atomic E-state index is 0.191. The molecule has 612 valence electrons. The van der Waals surface area contributed by atoms with Crippen LogP contribution in [0, 0.1) is 0 Å². The Morgan fingerprint density at radius 3 is 1.32 bits per heavy atom. The van der Waals surface area contributed by atoms with Crippen LogP contribution in [0.3, 0.4) is 0 Å². The van der Waals surface area contributed by atoms with Gasteiger partial charge in [0.2, 0.25) is 0 Å². The van der Waals surface area contributed by atoms with Crippen LogP contribution >= 0.6 is 11.3 Å². The van der Waals surface area contributed by atoms with Gasteiger partial charge in [0.05, 0.1) is 22.8 Å². The third kappa shape index (κ3) is 15.5. The van der Waals surface area contributed by atoms with Gasteiger partial charge in [-0.15, -0.1) is 11.3 Å². The maximum atomic E-state index is 11.4. The smallest absolute Gasteiger partial charge is 0.332 e. The maximum Gasteiger partial charge on any atom is 0.332 e. The average molecular weight is 1620 g/mol. The number of rotatable bonds is 22. The molecule has 1 unspecified atom stereocenters. The van der Waals surface area contributed by atoms with Gasteiger partial charge < -0.3 is 37.9 Å². The van der Waals surface area contributed by atoms with Crippen molar-refractivity contribution >= 4 is 149 Å². The van der Waals surface area contributed by atoms with Crippen molar-refractivity contribution in [3.63, 3.8) is 0 Å². The highest BCUT2D eigenvalue weighted by molar-refractivity contribution is 7.25. The fourth-order valence-corrected chi connectivity index (χ4v) is 19.0. The lowest BCUT2D eigenvalue weighted by Gasteiger charge is -2.22. The van der Waals surface area contributed by atoms with E-state index in [4.69, 9.17) is 24.2 Å². The van der Waals surface area contributed by atoms with Crippen molar-refractivity contribution in [2.45, 2.75) is 205 Å². The van der Waals surface area contributed by atoms with Gasteiger partial charge in [0, 0.05) is 154 Å². The number of hydrogen-bond donors (Lipinski definition) is 0. The summed E-state index contributed by atoms with van der Waals surface area (Å²) in [5, 5.41) is 30.4. The zero-order chi connectivity index (χ0) is 84.9. The standard InChI is InChI=1S/C43H45N3O3.C32H33N3O4S.C27H26N2O2/c1-12-24(4)46-40-21-32-30-15-13-28(25(5)44-48-23(2)3)17-36(30)42(8,9)38(32)19-34(40)35-20-39-33(22-41(35)46)31-16-14-29(18-37(31)43(39,10)11)26(6)45-49-27(7)47;1-6-7-8-9-14-35-29-12-10-23(19(2)33-38-21(4)36)15-25(29)26-18-32-28(17-30(26)35)27-16-24(11-13-31(27)40-32)20(3)34-39-22(5)37;1-3-4-5-10-15-29-25-14-9-8-12-20(25)23-16-22-19-11-6-7-13-21(19)27(28-31-18(2)30)24(22)17-26(23)29/h13-22,24H,2,12H2,1,3-11H3;10-13,15-18H,6-9,14H2,1-5H3;6-9,11-14,16-17H,3-5,10,15H2,1-2H3/b44-25+,45-26+;33-19+,34-20+;28-27+. The first-order valence-corrected chi connectivity index (χ1v) is 42.8. The summed E-state index contributed by atoms with van der Waals surface area (Å²) in [5.74, 6) is -1.15. The second-order valence-corrected chi connectivity index (χ2v) is 34.4. The first-order valence-electron chi connectivity index (χ1n) is 41.9. The van der Waals surface area contributed by atoms with E-state index in [1.807, 2.05) is 58.0 Å². The molecular formula is C102H104N8O9S. The van der Waals surface area contributed by atoms with Crippen LogP contribution in [0.1, 0.15) is 237 Å². The number of aryl methyl sites for hydroxylation is 2. The molecule has 120 heavy (non-hydrogen) atoms. The molecule has 0 bridgehead atoms. The molecule has 4 aromatic heterocycles. The quantitative estimate of drug-likeness (QED) is 0.0209. The molecule has 3 aliphatic carbocycles. The number of carbonyl (C=O) groups excluding carboxylic acids is 4. The first-order chi connectivity index (χ1) is 57.6. The minimum atomic E-state index is -0.438. The highest BCUT2D eigenvalue weighted by Gasteiger charge is 2.40. The average Bonchev–Trinajstić information content (AvgIpc) is 1.53. The van der Waals surface area contributed by atoms with Crippen LogP contribution < -0.4 is 0 Å². The monoisotopic (exact) mass is 1620 g/mol. The van der Waals surface area contributed by atoms with Gasteiger partial charge in [0.25, 0.3) is 0 Å². The Morgan fingerprint density at radius 2 is 0.792 bits per heavy atom. The number of oxime groups is 5. The second kappa shape index (κ2) is 33.8. The highest BCUT2D eigenvalue weighted by Crippen LogP contribution is 2.55. The summed E-state index contributed by atoms with van der Waals surface area (Å²) in [4.78, 5) is 70.5. The van der Waals surface area contributed by atoms with Crippen molar-refractivity contribution in [1.29, 1.82) is 0 Å². The number of aromatic nitrogens is 3. The highest BCUT2D eigenvalue weighted by atomic mass is 32.1. The number of unbranched alkanes of at least 4 members (excludes halogenated alkanes) is 6. The summed E-state index contributed by atoms with van der Waals surface area (Å²) in [6.45, 7) is 38.9. The van der Waals surface area contributed by atoms with Gasteiger partial charge in [-0.1, -0.05) is 198 Å². The van der Waals surface area contributed by atoms with Crippen LogP contribution in [0.15, 0.2) is 208 Å². The van der Waals surface area contributed by atoms with Crippen LogP contribution in [-0.2, 0) is 67.3 Å². The molecule has 0 saturated heterocycles. The van der Waals surface area contributed by atoms with Gasteiger partial charge in [-0.05, 0) is 230 Å². The number of allylic oxidation sites excluding steroid dienone is 1. The molecule has 10 aromatic carbocycles. The lowest BCUT2D eigenvalue weighted by Crippen LogP contribution is -2.16. The van der Waals surface area contributed by atoms with E-state index >= 15 is 0 Å². The predicted octanol–water partition coefficient (Wildman–Crippen LogP) is 25.9. The van der Waals surface area contributed by atoms with E-state index in [2.05, 4.69) is 241 Å². The van der Waals surface area contributed by atoms with Crippen LogP contribution in [0.2, 0.25) is 0 Å². The Labute approximate surface area is 704 Å². The van der Waals surface area contributed by atoms with Crippen molar-refractivity contribution in [2.75, 3.05) is 0 Å². The van der Waals surface area contributed by atoms with Crippen molar-refractivity contribution < 1.29 is 43.4 Å². The summed E-state index contributed by atoms with van der Waals surface area (Å²) >= 11 is 1.76. The van der Waals surface area contributed by atoms with Gasteiger partial charge in [-0.2, -0.15) is 0 Å². The first kappa shape index (κ1) is 82.7. The molecule has 0 fully saturated rings. The summed E-state index contributed by atoms with van der Waals surface area (Å²) in [6, 6.07) is 61.8. The number of fused-ring (bicyclic) bond motifs is 21. The number of para-hydroxylation sites is 1. The van der Waals surface area contributed by atoms with E-state index in [1.165, 1.54) is 186 Å². The van der Waals surface area contributed by atoms with Crippen LogP contribution in [0.25, 0.3) is 119 Å². The zero-order valence-electron chi connectivity index (χ0n) is 71.9. The van der Waals surface area contributed by atoms with Crippen molar-refractivity contribution in [3.05, 3.63) is 238 Å². The van der Waals surface area contributed by atoms with Gasteiger partial charge in [-0.25, -0.2) is 19.2 Å². The molecule has 0 spiro atoms. The van der Waals surface area contributed by atoms with Crippen LogP contribution in [0.5, 0.6) is 0 Å². The van der Waals surface area contributed by atoms with Crippen LogP contribution in [-0.4, -0.2) is 66.1 Å². The topological polar surface area (TPSA) is 191 Å². The number of carbonyl (C=O) groups is 4. The molecule has 1 atom stereocenters. The second-order valence-electron chi connectivity index (χ2n) is 33.3. The van der Waals surface area contributed by atoms with Crippen LogP contribution in [0.4, 0.5) is 0 Å². The van der Waals surface area contributed by atoms with E-state index in [1.54, 1.807) is 18.3 Å². The van der Waals surface area contributed by atoms with E-state index < -0.39 is 23.9 Å². The molecule has 14 aromatic rings. The van der Waals surface area contributed by atoms with Gasteiger partial charge in [-0.3, -0.25) is 0 Å². The third-order valence-corrected chi connectivity index (χ3v) is 25.3. The molecule has 17 nitrogen and oxygen atoms in total. The van der Waals surface area contributed by atoms with Gasteiger partial charge in [0.15, 0.2) is 0 Å². The normalized spacial score (nSPS) is 14.4.